The van der Waals surface area contributed by atoms with E-state index >= 15 is 0 Å². The maximum absolute atomic E-state index is 13.0. The average Bonchev–Trinajstić information content (AvgIpc) is 2.97. The summed E-state index contributed by atoms with van der Waals surface area (Å²) in [4.78, 5) is 15.4. The molecular weight excluding hydrogens is 324 g/mol. The smallest absolute Gasteiger partial charge is 0.172 e. The fourth-order valence-electron chi connectivity index (χ4n) is 3.31. The van der Waals surface area contributed by atoms with E-state index in [2.05, 4.69) is 10.1 Å². The number of carbonyl (C=O) groups is 1. The molecule has 1 fully saturated rings. The SMILES string of the molecule is Cc1onc(-c2ccccc2)c1C(=O)C(C)CN1CCCCC1.Cl. The summed E-state index contributed by atoms with van der Waals surface area (Å²) < 4.78 is 5.33. The van der Waals surface area contributed by atoms with Gasteiger partial charge in [0.25, 0.3) is 0 Å². The molecule has 0 saturated carbocycles. The van der Waals surface area contributed by atoms with Gasteiger partial charge in [0.05, 0.1) is 5.56 Å². The van der Waals surface area contributed by atoms with Crippen molar-refractivity contribution in [1.29, 1.82) is 0 Å². The molecule has 2 heterocycles. The first kappa shape index (κ1) is 18.7. The first-order valence-electron chi connectivity index (χ1n) is 8.45. The predicted octanol–water partition coefficient (Wildman–Crippen LogP) is 4.38. The molecule has 0 N–H and O–H groups in total. The Balaban J connectivity index is 0.00000208. The minimum atomic E-state index is -0.0475. The van der Waals surface area contributed by atoms with Crippen molar-refractivity contribution in [3.8, 4) is 11.3 Å². The van der Waals surface area contributed by atoms with Gasteiger partial charge < -0.3 is 9.42 Å². The summed E-state index contributed by atoms with van der Waals surface area (Å²) in [6.45, 7) is 6.85. The summed E-state index contributed by atoms with van der Waals surface area (Å²) in [7, 11) is 0. The molecule has 4 nitrogen and oxygen atoms in total. The molecule has 0 spiro atoms. The third-order valence-corrected chi connectivity index (χ3v) is 4.58. The quantitative estimate of drug-likeness (QED) is 0.752. The molecule has 24 heavy (non-hydrogen) atoms. The molecule has 1 unspecified atom stereocenters. The summed E-state index contributed by atoms with van der Waals surface area (Å²) in [5.41, 5.74) is 2.23. The minimum absolute atomic E-state index is 0. The maximum atomic E-state index is 13.0. The molecule has 0 amide bonds. The van der Waals surface area contributed by atoms with Crippen LogP contribution in [0.3, 0.4) is 0 Å². The van der Waals surface area contributed by atoms with Gasteiger partial charge in [-0.3, -0.25) is 4.79 Å². The summed E-state index contributed by atoms with van der Waals surface area (Å²) in [6.07, 6.45) is 3.78. The molecule has 1 aromatic carbocycles. The third kappa shape index (κ3) is 4.05. The van der Waals surface area contributed by atoms with Gasteiger partial charge in [-0.2, -0.15) is 0 Å². The number of carbonyl (C=O) groups excluding carboxylic acids is 1. The van der Waals surface area contributed by atoms with Crippen LogP contribution < -0.4 is 0 Å². The van der Waals surface area contributed by atoms with Gasteiger partial charge in [0.15, 0.2) is 5.78 Å². The highest BCUT2D eigenvalue weighted by Crippen LogP contribution is 2.27. The Hall–Kier alpha value is -1.65. The van der Waals surface area contributed by atoms with Gasteiger partial charge in [0.2, 0.25) is 0 Å². The van der Waals surface area contributed by atoms with Gasteiger partial charge in [-0.1, -0.05) is 48.8 Å². The third-order valence-electron chi connectivity index (χ3n) is 4.58. The van der Waals surface area contributed by atoms with E-state index in [0.717, 1.165) is 25.2 Å². The van der Waals surface area contributed by atoms with Gasteiger partial charge in [-0.05, 0) is 32.9 Å². The number of Topliss-reactive ketones (excluding diaryl/α,β-unsaturated/α-hetero) is 1. The van der Waals surface area contributed by atoms with Crippen molar-refractivity contribution in [2.24, 2.45) is 5.92 Å². The molecule has 2 aromatic rings. The molecule has 1 aliphatic rings. The van der Waals surface area contributed by atoms with Crippen LogP contribution >= 0.6 is 12.4 Å². The lowest BCUT2D eigenvalue weighted by Crippen LogP contribution is -2.36. The zero-order valence-electron chi connectivity index (χ0n) is 14.3. The van der Waals surface area contributed by atoms with Crippen molar-refractivity contribution in [3.63, 3.8) is 0 Å². The number of piperidine rings is 1. The molecule has 0 aliphatic carbocycles. The second-order valence-electron chi connectivity index (χ2n) is 6.45. The zero-order valence-corrected chi connectivity index (χ0v) is 15.1. The Kier molecular flexibility index (Phi) is 6.58. The van der Waals surface area contributed by atoms with Crippen molar-refractivity contribution < 1.29 is 9.32 Å². The van der Waals surface area contributed by atoms with E-state index in [1.807, 2.05) is 44.2 Å². The van der Waals surface area contributed by atoms with E-state index in [0.29, 0.717) is 17.0 Å². The lowest BCUT2D eigenvalue weighted by atomic mass is 9.94. The number of likely N-dealkylation sites (tertiary alicyclic amines) is 1. The Morgan fingerprint density at radius 2 is 1.88 bits per heavy atom. The number of hydrogen-bond donors (Lipinski definition) is 0. The van der Waals surface area contributed by atoms with Crippen LogP contribution in [-0.2, 0) is 0 Å². The van der Waals surface area contributed by atoms with Crippen LogP contribution in [0.1, 0.15) is 42.3 Å². The summed E-state index contributed by atoms with van der Waals surface area (Å²) in [6, 6.07) is 9.78. The van der Waals surface area contributed by atoms with Gasteiger partial charge >= 0.3 is 0 Å². The van der Waals surface area contributed by atoms with Gasteiger partial charge in [-0.15, -0.1) is 12.4 Å². The maximum Gasteiger partial charge on any atom is 0.172 e. The lowest BCUT2D eigenvalue weighted by Gasteiger charge is -2.28. The summed E-state index contributed by atoms with van der Waals surface area (Å²) in [5, 5.41) is 4.13. The fourth-order valence-corrected chi connectivity index (χ4v) is 3.31. The number of ketones is 1. The number of hydrogen-bond acceptors (Lipinski definition) is 4. The summed E-state index contributed by atoms with van der Waals surface area (Å²) in [5.74, 6) is 0.696. The second-order valence-corrected chi connectivity index (χ2v) is 6.45. The molecule has 130 valence electrons. The molecule has 1 saturated heterocycles. The largest absolute Gasteiger partial charge is 0.360 e. The highest BCUT2D eigenvalue weighted by atomic mass is 35.5. The van der Waals surface area contributed by atoms with E-state index in [9.17, 15) is 4.79 Å². The number of rotatable bonds is 5. The topological polar surface area (TPSA) is 46.3 Å². The Labute approximate surface area is 149 Å². The first-order chi connectivity index (χ1) is 11.2. The molecule has 0 radical (unpaired) electrons. The number of halogens is 1. The van der Waals surface area contributed by atoms with Crippen molar-refractivity contribution in [1.82, 2.24) is 10.1 Å². The molecule has 1 aliphatic heterocycles. The van der Waals surface area contributed by atoms with Gasteiger partial charge in [0, 0.05) is 18.0 Å². The zero-order chi connectivity index (χ0) is 16.2. The monoisotopic (exact) mass is 348 g/mol. The van der Waals surface area contributed by atoms with Crippen LogP contribution in [0.5, 0.6) is 0 Å². The Bertz CT molecular complexity index is 663. The molecular formula is C19H25ClN2O2. The molecule has 1 atom stereocenters. The number of aromatic nitrogens is 1. The molecule has 5 heteroatoms. The normalized spacial score (nSPS) is 16.4. The van der Waals surface area contributed by atoms with Crippen LogP contribution in [0, 0.1) is 12.8 Å². The summed E-state index contributed by atoms with van der Waals surface area (Å²) >= 11 is 0. The van der Waals surface area contributed by atoms with Crippen LogP contribution in [-0.4, -0.2) is 35.5 Å². The van der Waals surface area contributed by atoms with Crippen LogP contribution in [0.2, 0.25) is 0 Å². The highest BCUT2D eigenvalue weighted by Gasteiger charge is 2.27. The molecule has 3 rings (SSSR count). The van der Waals surface area contributed by atoms with Crippen molar-refractivity contribution in [3.05, 3.63) is 41.7 Å². The van der Waals surface area contributed by atoms with Gasteiger partial charge in [0.1, 0.15) is 11.5 Å². The van der Waals surface area contributed by atoms with Crippen molar-refractivity contribution in [2.45, 2.75) is 33.1 Å². The Morgan fingerprint density at radius 1 is 1.21 bits per heavy atom. The van der Waals surface area contributed by atoms with Gasteiger partial charge in [-0.25, -0.2) is 0 Å². The van der Waals surface area contributed by atoms with Crippen LogP contribution in [0.4, 0.5) is 0 Å². The second kappa shape index (κ2) is 8.45. The standard InChI is InChI=1S/C19H24N2O2.ClH/c1-14(13-21-11-7-4-8-12-21)19(22)17-15(2)23-20-18(17)16-9-5-3-6-10-16;/h3,5-6,9-10,14H,4,7-8,11-13H2,1-2H3;1H. The molecule has 1 aromatic heterocycles. The first-order valence-corrected chi connectivity index (χ1v) is 8.45. The number of aryl methyl sites for hydroxylation is 1. The van der Waals surface area contributed by atoms with E-state index in [4.69, 9.17) is 4.52 Å². The average molecular weight is 349 g/mol. The van der Waals surface area contributed by atoms with E-state index in [1.165, 1.54) is 19.3 Å². The Morgan fingerprint density at radius 3 is 2.54 bits per heavy atom. The predicted molar refractivity (Wildman–Crippen MR) is 97.7 cm³/mol. The van der Waals surface area contributed by atoms with E-state index in [-0.39, 0.29) is 24.1 Å². The van der Waals surface area contributed by atoms with Crippen LogP contribution in [0.15, 0.2) is 34.9 Å². The molecule has 0 bridgehead atoms. The van der Waals surface area contributed by atoms with Crippen LogP contribution in [0.25, 0.3) is 11.3 Å². The van der Waals surface area contributed by atoms with Crippen molar-refractivity contribution in [2.75, 3.05) is 19.6 Å². The number of benzene rings is 1. The van der Waals surface area contributed by atoms with E-state index < -0.39 is 0 Å². The number of nitrogens with zero attached hydrogens (tertiary/aromatic N) is 2. The van der Waals surface area contributed by atoms with E-state index in [1.54, 1.807) is 0 Å². The highest BCUT2D eigenvalue weighted by molar-refractivity contribution is 6.03. The minimum Gasteiger partial charge on any atom is -0.360 e. The fraction of sp³-hybridized carbons (Fsp3) is 0.474. The lowest BCUT2D eigenvalue weighted by molar-refractivity contribution is 0.0882. The van der Waals surface area contributed by atoms with Crippen molar-refractivity contribution >= 4 is 18.2 Å².